The van der Waals surface area contributed by atoms with E-state index in [0.717, 1.165) is 26.2 Å². The van der Waals surface area contributed by atoms with Crippen LogP contribution in [0.25, 0.3) is 5.32 Å². The van der Waals surface area contributed by atoms with Crippen molar-refractivity contribution in [2.45, 2.75) is 0 Å². The van der Waals surface area contributed by atoms with Gasteiger partial charge in [-0.3, -0.25) is 0 Å². The van der Waals surface area contributed by atoms with Crippen molar-refractivity contribution in [1.82, 2.24) is 10.2 Å². The molecule has 5 heteroatoms. The van der Waals surface area contributed by atoms with E-state index in [2.05, 4.69) is 22.6 Å². The summed E-state index contributed by atoms with van der Waals surface area (Å²) >= 11 is 0. The van der Waals surface area contributed by atoms with Crippen molar-refractivity contribution < 1.29 is 37.5 Å². The molecule has 12 heavy (non-hydrogen) atoms. The van der Waals surface area contributed by atoms with E-state index in [1.54, 1.807) is 0 Å². The van der Waals surface area contributed by atoms with E-state index in [4.69, 9.17) is 4.79 Å². The second-order valence-corrected chi connectivity index (χ2v) is 2.33. The Hall–Kier alpha value is 0.494. The Morgan fingerprint density at radius 2 is 1.83 bits per heavy atom. The number of rotatable bonds is 1. The number of hydrogen-bond acceptors (Lipinski definition) is 2. The molecule has 69 valence electrons. The first-order chi connectivity index (χ1) is 5.31. The zero-order valence-corrected chi connectivity index (χ0v) is 10.5. The molecule has 1 heterocycles. The van der Waals surface area contributed by atoms with Crippen molar-refractivity contribution in [3.05, 3.63) is 5.32 Å². The van der Waals surface area contributed by atoms with Crippen molar-refractivity contribution in [3.63, 3.8) is 0 Å². The van der Waals surface area contributed by atoms with Gasteiger partial charge in [0.25, 0.3) is 0 Å². The van der Waals surface area contributed by atoms with Gasteiger partial charge >= 0.3 is 0 Å². The number of nitrogens with one attached hydrogen (secondary N) is 1. The maximum Gasteiger partial charge on any atom is 0 e. The molecule has 1 amide bonds. The second-order valence-electron chi connectivity index (χ2n) is 2.33. The van der Waals surface area contributed by atoms with Crippen LogP contribution in [0.2, 0.25) is 0 Å². The van der Waals surface area contributed by atoms with Crippen LogP contribution < -0.4 is 5.32 Å². The van der Waals surface area contributed by atoms with Gasteiger partial charge in [-0.05, 0) is 27.2 Å². The molecule has 0 saturated carbocycles. The molecule has 1 fully saturated rings. The molecule has 0 aliphatic carbocycles. The van der Waals surface area contributed by atoms with Crippen LogP contribution in [0.15, 0.2) is 0 Å². The van der Waals surface area contributed by atoms with Crippen LogP contribution in [0, 0.1) is 0 Å². The van der Waals surface area contributed by atoms with Crippen molar-refractivity contribution in [1.29, 1.82) is 0 Å². The van der Waals surface area contributed by atoms with Gasteiger partial charge in [-0.15, -0.1) is 13.1 Å². The maximum atomic E-state index is 8.94. The van der Waals surface area contributed by atoms with Crippen LogP contribution in [0.3, 0.4) is 0 Å². The third-order valence-electron chi connectivity index (χ3n) is 1.38. The first-order valence-electron chi connectivity index (χ1n) is 3.67. The van der Waals surface area contributed by atoms with Crippen LogP contribution in [0.4, 0.5) is 0 Å². The average molecular weight is 246 g/mol. The summed E-state index contributed by atoms with van der Waals surface area (Å²) in [5.74, 6) is 0. The summed E-state index contributed by atoms with van der Waals surface area (Å²) in [4.78, 5) is 11.2. The average Bonchev–Trinajstić information content (AvgIpc) is 2.07. The standard InChI is InChI=1S/C5H11N2.C2H4NO.Y/c1-7-4-2-6-3-5-7;1-3-2-4;/h2-5H2,1H3;1H3,(H,3,4);/q2*-1;. The largest absolute Gasteiger partial charge is 0.660 e. The van der Waals surface area contributed by atoms with Crippen LogP contribution in [0.5, 0.6) is 0 Å². The number of amides is 1. The van der Waals surface area contributed by atoms with Gasteiger partial charge in [0.15, 0.2) is 0 Å². The van der Waals surface area contributed by atoms with Gasteiger partial charge in [0.2, 0.25) is 0 Å². The molecule has 0 aromatic carbocycles. The normalized spacial score (nSPS) is 16.5. The molecule has 0 unspecified atom stereocenters. The molecule has 1 saturated heterocycles. The summed E-state index contributed by atoms with van der Waals surface area (Å²) in [5, 5.41) is 6.31. The molecule has 0 spiro atoms. The fourth-order valence-electron chi connectivity index (χ4n) is 0.706. The van der Waals surface area contributed by atoms with Gasteiger partial charge in [-0.1, -0.05) is 0 Å². The molecular formula is C7H15N3OY-2. The Kier molecular flexibility index (Phi) is 14.4. The molecule has 1 radical (unpaired) electrons. The van der Waals surface area contributed by atoms with E-state index < -0.39 is 0 Å². The van der Waals surface area contributed by atoms with Crippen molar-refractivity contribution in [2.75, 3.05) is 40.3 Å². The monoisotopic (exact) mass is 246 g/mol. The first-order valence-corrected chi connectivity index (χ1v) is 3.67. The SMILES string of the molecule is CN1CC[N-]CC1.CN[C-]=O.[Y]. The van der Waals surface area contributed by atoms with Crippen LogP contribution in [0.1, 0.15) is 0 Å². The minimum Gasteiger partial charge on any atom is -0.660 e. The number of carbonyl (C=O) groups excluding carboxylic acids is 1. The quantitative estimate of drug-likeness (QED) is 0.504. The molecule has 4 nitrogen and oxygen atoms in total. The Balaban J connectivity index is 0. The molecule has 1 aliphatic heterocycles. The van der Waals surface area contributed by atoms with Crippen LogP contribution in [-0.2, 0) is 37.5 Å². The van der Waals surface area contributed by atoms with Gasteiger partial charge < -0.3 is 20.3 Å². The van der Waals surface area contributed by atoms with Crippen molar-refractivity contribution >= 4 is 6.41 Å². The van der Waals surface area contributed by atoms with E-state index >= 15 is 0 Å². The topological polar surface area (TPSA) is 46.4 Å². The van der Waals surface area contributed by atoms with Gasteiger partial charge in [-0.2, -0.15) is 6.41 Å². The smallest absolute Gasteiger partial charge is 0 e. The Bertz CT molecular complexity index is 96.7. The van der Waals surface area contributed by atoms with E-state index in [0.29, 0.717) is 0 Å². The van der Waals surface area contributed by atoms with Gasteiger partial charge in [0.1, 0.15) is 0 Å². The van der Waals surface area contributed by atoms with Gasteiger partial charge in [-0.25, -0.2) is 0 Å². The van der Waals surface area contributed by atoms with E-state index in [1.807, 2.05) is 0 Å². The minimum atomic E-state index is 0. The summed E-state index contributed by atoms with van der Waals surface area (Å²) < 4.78 is 0. The Labute approximate surface area is 99.3 Å². The zero-order valence-electron chi connectivity index (χ0n) is 7.71. The van der Waals surface area contributed by atoms with Crippen LogP contribution in [-0.4, -0.2) is 51.6 Å². The van der Waals surface area contributed by atoms with Crippen molar-refractivity contribution in [2.24, 2.45) is 0 Å². The zero-order chi connectivity index (χ0) is 8.53. The van der Waals surface area contributed by atoms with E-state index in [1.165, 1.54) is 13.5 Å². The minimum absolute atomic E-state index is 0. The Morgan fingerprint density at radius 3 is 2.00 bits per heavy atom. The first kappa shape index (κ1) is 15.0. The molecule has 1 rings (SSSR count). The fraction of sp³-hybridized carbons (Fsp3) is 0.857. The van der Waals surface area contributed by atoms with Crippen molar-refractivity contribution in [3.8, 4) is 0 Å². The number of nitrogens with zero attached hydrogens (tertiary/aromatic N) is 2. The van der Waals surface area contributed by atoms with Gasteiger partial charge in [0, 0.05) is 32.7 Å². The summed E-state index contributed by atoms with van der Waals surface area (Å²) in [6, 6.07) is 0. The summed E-state index contributed by atoms with van der Waals surface area (Å²) in [7, 11) is 3.64. The van der Waals surface area contributed by atoms with Gasteiger partial charge in [0.05, 0.1) is 0 Å². The third-order valence-corrected chi connectivity index (χ3v) is 1.38. The summed E-state index contributed by atoms with van der Waals surface area (Å²) in [5.41, 5.74) is 0. The molecule has 0 aromatic heterocycles. The Morgan fingerprint density at radius 1 is 1.42 bits per heavy atom. The van der Waals surface area contributed by atoms with Crippen LogP contribution >= 0.6 is 0 Å². The predicted molar refractivity (Wildman–Crippen MR) is 45.3 cm³/mol. The maximum absolute atomic E-state index is 8.94. The number of likely N-dealkylation sites (N-methyl/N-ethyl adjacent to an activating group) is 1. The molecule has 0 bridgehead atoms. The molecule has 1 aliphatic rings. The molecule has 0 atom stereocenters. The second kappa shape index (κ2) is 11.5. The molecule has 1 N–H and O–H groups in total. The molecule has 0 aromatic rings. The number of hydrogen-bond donors (Lipinski definition) is 1. The summed E-state index contributed by atoms with van der Waals surface area (Å²) in [6.45, 7) is 4.38. The van der Waals surface area contributed by atoms with E-state index in [-0.39, 0.29) is 32.7 Å². The third kappa shape index (κ3) is 10.5. The fourth-order valence-corrected chi connectivity index (χ4v) is 0.706. The molecular weight excluding hydrogens is 231 g/mol. The summed E-state index contributed by atoms with van der Waals surface area (Å²) in [6.07, 6.45) is 1.43. The predicted octanol–water partition coefficient (Wildman–Crippen LogP) is -0.424. The number of piperazine rings is 1. The van der Waals surface area contributed by atoms with E-state index in [9.17, 15) is 0 Å².